The quantitative estimate of drug-likeness (QED) is 0.328. The Morgan fingerprint density at radius 1 is 1.24 bits per heavy atom. The van der Waals surface area contributed by atoms with Crippen LogP contribution in [0, 0.1) is 3.57 Å². The van der Waals surface area contributed by atoms with Crippen molar-refractivity contribution in [3.63, 3.8) is 0 Å². The van der Waals surface area contributed by atoms with Gasteiger partial charge in [-0.3, -0.25) is 0 Å². The molecule has 1 aromatic carbocycles. The molecule has 1 atom stereocenters. The summed E-state index contributed by atoms with van der Waals surface area (Å²) in [4.78, 5) is 1.00. The Labute approximate surface area is 141 Å². The Morgan fingerprint density at radius 3 is 2.47 bits per heavy atom. The van der Waals surface area contributed by atoms with Crippen LogP contribution in [-0.4, -0.2) is 0 Å². The highest BCUT2D eigenvalue weighted by atomic mass is 127. The zero-order valence-corrected chi connectivity index (χ0v) is 15.0. The molecule has 0 aliphatic rings. The van der Waals surface area contributed by atoms with Gasteiger partial charge < -0.3 is 0 Å². The lowest BCUT2D eigenvalue weighted by Crippen LogP contribution is -1.90. The fraction of sp³-hybridized carbons (Fsp3) is 0.0909. The van der Waals surface area contributed by atoms with Crippen molar-refractivity contribution in [2.75, 3.05) is 0 Å². The van der Waals surface area contributed by atoms with Gasteiger partial charge in [-0.25, -0.2) is 0 Å². The molecule has 0 nitrogen and oxygen atoms in total. The van der Waals surface area contributed by atoms with Crippen LogP contribution < -0.4 is 0 Å². The first kappa shape index (κ1) is 14.4. The third-order valence-corrected chi connectivity index (χ3v) is 6.88. The summed E-state index contributed by atoms with van der Waals surface area (Å²) >= 11 is 25.5. The normalized spacial score (nSPS) is 12.8. The number of thiophene rings is 1. The Hall–Kier alpha value is 1.000. The molecule has 0 bridgehead atoms. The van der Waals surface area contributed by atoms with Crippen LogP contribution in [0.15, 0.2) is 28.7 Å². The Morgan fingerprint density at radius 2 is 1.94 bits per heavy atom. The minimum atomic E-state index is -0.224. The largest absolute Gasteiger partial charge is 0.125 e. The van der Waals surface area contributed by atoms with Crippen molar-refractivity contribution in [1.29, 1.82) is 0 Å². The first-order valence-electron chi connectivity index (χ1n) is 4.53. The maximum absolute atomic E-state index is 6.41. The van der Waals surface area contributed by atoms with E-state index in [-0.39, 0.29) is 5.38 Å². The molecular weight excluding hydrogens is 477 g/mol. The van der Waals surface area contributed by atoms with E-state index in [9.17, 15) is 0 Å². The van der Waals surface area contributed by atoms with E-state index in [2.05, 4.69) is 38.5 Å². The molecule has 6 heteroatoms. The Bertz CT molecular complexity index is 536. The van der Waals surface area contributed by atoms with Crippen molar-refractivity contribution in [2.45, 2.75) is 5.38 Å². The molecule has 0 saturated carbocycles. The zero-order valence-electron chi connectivity index (χ0n) is 8.18. The minimum absolute atomic E-state index is 0.224. The van der Waals surface area contributed by atoms with Crippen LogP contribution in [0.4, 0.5) is 0 Å². The molecule has 0 aliphatic heterocycles. The van der Waals surface area contributed by atoms with E-state index in [1.54, 1.807) is 0 Å². The van der Waals surface area contributed by atoms with Crippen LogP contribution in [-0.2, 0) is 0 Å². The van der Waals surface area contributed by atoms with Crippen LogP contribution in [0.5, 0.6) is 0 Å². The molecule has 0 radical (unpaired) electrons. The van der Waals surface area contributed by atoms with Crippen molar-refractivity contribution in [3.05, 3.63) is 52.1 Å². The van der Waals surface area contributed by atoms with E-state index in [0.717, 1.165) is 23.5 Å². The smallest absolute Gasteiger partial charge is 0.107 e. The van der Waals surface area contributed by atoms with Crippen molar-refractivity contribution in [1.82, 2.24) is 0 Å². The highest BCUT2D eigenvalue weighted by molar-refractivity contribution is 14.1. The standard InChI is InChI=1S/C11H5BrCl3IS/c12-6-4-9(17-11(6)15)10(14)5-1-2-8(16)7(13)3-5/h1-4,10H. The summed E-state index contributed by atoms with van der Waals surface area (Å²) in [7, 11) is 0. The van der Waals surface area contributed by atoms with Crippen molar-refractivity contribution >= 4 is 84.7 Å². The van der Waals surface area contributed by atoms with Gasteiger partial charge in [0.2, 0.25) is 0 Å². The molecule has 0 saturated heterocycles. The van der Waals surface area contributed by atoms with E-state index in [0.29, 0.717) is 4.34 Å². The van der Waals surface area contributed by atoms with Gasteiger partial charge >= 0.3 is 0 Å². The lowest BCUT2D eigenvalue weighted by atomic mass is 10.1. The predicted octanol–water partition coefficient (Wildman–Crippen LogP) is 6.75. The molecule has 17 heavy (non-hydrogen) atoms. The lowest BCUT2D eigenvalue weighted by Gasteiger charge is -2.08. The first-order chi connectivity index (χ1) is 7.99. The van der Waals surface area contributed by atoms with Gasteiger partial charge in [0.15, 0.2) is 0 Å². The molecule has 1 heterocycles. The van der Waals surface area contributed by atoms with Gasteiger partial charge in [-0.15, -0.1) is 22.9 Å². The highest BCUT2D eigenvalue weighted by Crippen LogP contribution is 2.40. The van der Waals surface area contributed by atoms with Crippen LogP contribution in [0.2, 0.25) is 9.36 Å². The number of alkyl halides is 1. The average Bonchev–Trinajstić information content (AvgIpc) is 2.62. The van der Waals surface area contributed by atoms with Crippen molar-refractivity contribution in [2.24, 2.45) is 0 Å². The Kier molecular flexibility index (Phi) is 5.06. The highest BCUT2D eigenvalue weighted by Gasteiger charge is 2.16. The summed E-state index contributed by atoms with van der Waals surface area (Å²) in [5, 5.41) is 0.494. The molecule has 0 aliphatic carbocycles. The maximum atomic E-state index is 6.41. The maximum Gasteiger partial charge on any atom is 0.107 e. The molecule has 0 N–H and O–H groups in total. The number of benzene rings is 1. The van der Waals surface area contributed by atoms with Gasteiger partial charge in [-0.1, -0.05) is 29.3 Å². The van der Waals surface area contributed by atoms with Crippen molar-refractivity contribution < 1.29 is 0 Å². The summed E-state index contributed by atoms with van der Waals surface area (Å²) in [6.07, 6.45) is 0. The second-order valence-corrected chi connectivity index (χ2v) is 7.85. The molecule has 0 spiro atoms. The molecular formula is C11H5BrCl3IS. The summed E-state index contributed by atoms with van der Waals surface area (Å²) in [6.45, 7) is 0. The number of rotatable bonds is 2. The first-order valence-corrected chi connectivity index (χ1v) is 8.41. The van der Waals surface area contributed by atoms with Crippen LogP contribution in [0.25, 0.3) is 0 Å². The molecule has 2 rings (SSSR count). The Balaban J connectivity index is 2.36. The van der Waals surface area contributed by atoms with Gasteiger partial charge in [0.05, 0.1) is 10.4 Å². The van der Waals surface area contributed by atoms with Gasteiger partial charge in [-0.2, -0.15) is 0 Å². The van der Waals surface area contributed by atoms with E-state index in [1.165, 1.54) is 11.3 Å². The molecule has 0 fully saturated rings. The second-order valence-electron chi connectivity index (χ2n) is 3.31. The van der Waals surface area contributed by atoms with Crippen molar-refractivity contribution in [3.8, 4) is 0 Å². The van der Waals surface area contributed by atoms with Gasteiger partial charge in [0.1, 0.15) is 4.34 Å². The number of hydrogen-bond acceptors (Lipinski definition) is 1. The molecule has 1 unspecified atom stereocenters. The van der Waals surface area contributed by atoms with E-state index < -0.39 is 0 Å². The van der Waals surface area contributed by atoms with E-state index >= 15 is 0 Å². The topological polar surface area (TPSA) is 0 Å². The molecule has 0 amide bonds. The lowest BCUT2D eigenvalue weighted by molar-refractivity contribution is 1.18. The summed E-state index contributed by atoms with van der Waals surface area (Å²) in [5.41, 5.74) is 0.975. The van der Waals surface area contributed by atoms with E-state index in [1.807, 2.05) is 24.3 Å². The summed E-state index contributed by atoms with van der Waals surface area (Å²) in [6, 6.07) is 7.77. The monoisotopic (exact) mass is 480 g/mol. The van der Waals surface area contributed by atoms with E-state index in [4.69, 9.17) is 34.8 Å². The number of halogens is 5. The second kappa shape index (κ2) is 5.97. The number of hydrogen-bond donors (Lipinski definition) is 0. The summed E-state index contributed by atoms with van der Waals surface area (Å²) in [5.74, 6) is 0. The fourth-order valence-electron chi connectivity index (χ4n) is 1.32. The predicted molar refractivity (Wildman–Crippen MR) is 88.9 cm³/mol. The molecule has 1 aromatic heterocycles. The molecule has 2 aromatic rings. The average molecular weight is 482 g/mol. The summed E-state index contributed by atoms with van der Waals surface area (Å²) < 4.78 is 2.60. The van der Waals surface area contributed by atoms with Gasteiger partial charge in [0.25, 0.3) is 0 Å². The van der Waals surface area contributed by atoms with Gasteiger partial charge in [0, 0.05) is 12.9 Å². The SMILES string of the molecule is Clc1cc(C(Cl)c2cc(Br)c(Cl)s2)ccc1I. The molecule has 90 valence electrons. The van der Waals surface area contributed by atoms with Crippen LogP contribution in [0.1, 0.15) is 15.8 Å². The minimum Gasteiger partial charge on any atom is -0.125 e. The third kappa shape index (κ3) is 3.31. The third-order valence-electron chi connectivity index (χ3n) is 2.15. The van der Waals surface area contributed by atoms with Gasteiger partial charge in [-0.05, 0) is 62.3 Å². The van der Waals surface area contributed by atoms with Crippen LogP contribution in [0.3, 0.4) is 0 Å². The van der Waals surface area contributed by atoms with Crippen LogP contribution >= 0.6 is 84.7 Å². The zero-order chi connectivity index (χ0) is 12.6. The fourth-order valence-corrected chi connectivity index (χ4v) is 3.92.